The summed E-state index contributed by atoms with van der Waals surface area (Å²) in [5.74, 6) is -1.76. The molecule has 0 saturated heterocycles. The van der Waals surface area contributed by atoms with Gasteiger partial charge in [-0.1, -0.05) is 28.1 Å². The van der Waals surface area contributed by atoms with Crippen molar-refractivity contribution in [2.75, 3.05) is 5.32 Å². The van der Waals surface area contributed by atoms with E-state index in [1.165, 1.54) is 37.3 Å². The largest absolute Gasteiger partial charge is 0.424 e. The number of hydrogen-bond donors (Lipinski definition) is 1. The number of carbonyl (C=O) groups excluding carboxylic acids is 2. The van der Waals surface area contributed by atoms with E-state index in [4.69, 9.17) is 4.74 Å². The molecule has 0 unspecified atom stereocenters. The van der Waals surface area contributed by atoms with Gasteiger partial charge in [-0.25, -0.2) is 4.39 Å². The zero-order valence-electron chi connectivity index (χ0n) is 12.2. The smallest absolute Gasteiger partial charge is 0.308 e. The highest BCUT2D eigenvalue weighted by Crippen LogP contribution is 2.20. The number of esters is 1. The normalized spacial score (nSPS) is 10.6. The molecule has 0 aliphatic carbocycles. The first-order valence-corrected chi connectivity index (χ1v) is 7.46. The third kappa shape index (κ3) is 5.34. The Bertz CT molecular complexity index is 774. The van der Waals surface area contributed by atoms with E-state index < -0.39 is 11.8 Å². The molecular weight excluding hydrogens is 365 g/mol. The highest BCUT2D eigenvalue weighted by atomic mass is 79.9. The van der Waals surface area contributed by atoms with Crippen molar-refractivity contribution >= 4 is 39.6 Å². The lowest BCUT2D eigenvalue weighted by molar-refractivity contribution is -0.132. The van der Waals surface area contributed by atoms with Gasteiger partial charge in [0.1, 0.15) is 0 Å². The summed E-state index contributed by atoms with van der Waals surface area (Å²) < 4.78 is 19.1. The Balaban J connectivity index is 2.07. The molecule has 0 atom stereocenters. The Morgan fingerprint density at radius 1 is 1.22 bits per heavy atom. The predicted molar refractivity (Wildman–Crippen MR) is 89.5 cm³/mol. The maximum Gasteiger partial charge on any atom is 0.308 e. The molecule has 1 N–H and O–H groups in total. The molecule has 2 aromatic rings. The molecule has 0 heterocycles. The number of halogens is 2. The number of benzene rings is 2. The van der Waals surface area contributed by atoms with Crippen molar-refractivity contribution in [3.63, 3.8) is 0 Å². The summed E-state index contributed by atoms with van der Waals surface area (Å²) >= 11 is 3.32. The van der Waals surface area contributed by atoms with Crippen LogP contribution in [-0.2, 0) is 9.59 Å². The van der Waals surface area contributed by atoms with Gasteiger partial charge in [-0.3, -0.25) is 9.59 Å². The van der Waals surface area contributed by atoms with E-state index in [9.17, 15) is 14.0 Å². The summed E-state index contributed by atoms with van der Waals surface area (Å²) in [7, 11) is 0. The summed E-state index contributed by atoms with van der Waals surface area (Å²) in [4.78, 5) is 22.8. The van der Waals surface area contributed by atoms with Gasteiger partial charge in [-0.05, 0) is 42.0 Å². The Kier molecular flexibility index (Phi) is 5.65. The molecular formula is C17H13BrFNO3. The van der Waals surface area contributed by atoms with Crippen LogP contribution in [0, 0.1) is 5.82 Å². The van der Waals surface area contributed by atoms with Crippen molar-refractivity contribution in [1.82, 2.24) is 0 Å². The number of ether oxygens (including phenoxy) is 1. The maximum absolute atomic E-state index is 13.5. The van der Waals surface area contributed by atoms with Crippen molar-refractivity contribution in [2.24, 2.45) is 0 Å². The number of carbonyl (C=O) groups is 2. The third-order valence-corrected chi connectivity index (χ3v) is 3.22. The minimum atomic E-state index is -0.643. The molecule has 0 radical (unpaired) electrons. The van der Waals surface area contributed by atoms with E-state index in [2.05, 4.69) is 21.2 Å². The van der Waals surface area contributed by atoms with Crippen molar-refractivity contribution in [3.8, 4) is 5.75 Å². The summed E-state index contributed by atoms with van der Waals surface area (Å²) in [6.07, 6.45) is 2.81. The van der Waals surface area contributed by atoms with Crippen LogP contribution in [0.4, 0.5) is 10.1 Å². The lowest BCUT2D eigenvalue weighted by Crippen LogP contribution is -2.07. The number of hydrogen-bond acceptors (Lipinski definition) is 3. The predicted octanol–water partition coefficient (Wildman–Crippen LogP) is 4.17. The molecule has 2 rings (SSSR count). The highest BCUT2D eigenvalue weighted by molar-refractivity contribution is 9.10. The van der Waals surface area contributed by atoms with Crippen LogP contribution < -0.4 is 10.1 Å². The number of amides is 1. The van der Waals surface area contributed by atoms with Crippen molar-refractivity contribution < 1.29 is 18.7 Å². The van der Waals surface area contributed by atoms with Crippen LogP contribution in [0.2, 0.25) is 0 Å². The second-order valence-electron chi connectivity index (χ2n) is 4.62. The van der Waals surface area contributed by atoms with Gasteiger partial charge in [-0.15, -0.1) is 0 Å². The van der Waals surface area contributed by atoms with E-state index in [1.54, 1.807) is 18.2 Å². The SMILES string of the molecule is CC(=O)Oc1cc(/C=C/C(=O)Nc2cccc(Br)c2)ccc1F. The minimum absolute atomic E-state index is 0.174. The van der Waals surface area contributed by atoms with Gasteiger partial charge in [0.15, 0.2) is 11.6 Å². The van der Waals surface area contributed by atoms with Crippen molar-refractivity contribution in [3.05, 3.63) is 64.4 Å². The Morgan fingerprint density at radius 2 is 2.00 bits per heavy atom. The summed E-state index contributed by atoms with van der Waals surface area (Å²) in [5, 5.41) is 2.70. The van der Waals surface area contributed by atoms with Gasteiger partial charge in [0, 0.05) is 23.2 Å². The van der Waals surface area contributed by atoms with Gasteiger partial charge in [-0.2, -0.15) is 0 Å². The quantitative estimate of drug-likeness (QED) is 0.494. The van der Waals surface area contributed by atoms with Crippen molar-refractivity contribution in [2.45, 2.75) is 6.92 Å². The van der Waals surface area contributed by atoms with Gasteiger partial charge >= 0.3 is 5.97 Å². The summed E-state index contributed by atoms with van der Waals surface area (Å²) in [6, 6.07) is 11.2. The molecule has 1 amide bonds. The van der Waals surface area contributed by atoms with Crippen LogP contribution in [0.15, 0.2) is 53.0 Å². The Morgan fingerprint density at radius 3 is 2.70 bits per heavy atom. The van der Waals surface area contributed by atoms with Crippen LogP contribution in [-0.4, -0.2) is 11.9 Å². The fraction of sp³-hybridized carbons (Fsp3) is 0.0588. The average Bonchev–Trinajstić information content (AvgIpc) is 2.47. The molecule has 0 aromatic heterocycles. The van der Waals surface area contributed by atoms with Crippen LogP contribution in [0.1, 0.15) is 12.5 Å². The number of nitrogens with one attached hydrogen (secondary N) is 1. The van der Waals surface area contributed by atoms with Crippen molar-refractivity contribution in [1.29, 1.82) is 0 Å². The molecule has 23 heavy (non-hydrogen) atoms. The Labute approximate surface area is 141 Å². The van der Waals surface area contributed by atoms with Gasteiger partial charge in [0.25, 0.3) is 0 Å². The summed E-state index contributed by atoms with van der Waals surface area (Å²) in [5.41, 5.74) is 1.18. The van der Waals surface area contributed by atoms with E-state index in [1.807, 2.05) is 6.07 Å². The minimum Gasteiger partial charge on any atom is -0.424 e. The molecule has 4 nitrogen and oxygen atoms in total. The van der Waals surface area contributed by atoms with Gasteiger partial charge in [0.2, 0.25) is 5.91 Å². The van der Waals surface area contributed by atoms with E-state index in [-0.39, 0.29) is 11.7 Å². The number of rotatable bonds is 4. The van der Waals surface area contributed by atoms with Gasteiger partial charge in [0.05, 0.1) is 0 Å². The van der Waals surface area contributed by atoms with E-state index >= 15 is 0 Å². The van der Waals surface area contributed by atoms with Gasteiger partial charge < -0.3 is 10.1 Å². The Hall–Kier alpha value is -2.47. The van der Waals surface area contributed by atoms with E-state index in [0.29, 0.717) is 11.3 Å². The van der Waals surface area contributed by atoms with E-state index in [0.717, 1.165) is 4.47 Å². The lowest BCUT2D eigenvalue weighted by atomic mass is 10.2. The van der Waals surface area contributed by atoms with Crippen LogP contribution in [0.25, 0.3) is 6.08 Å². The summed E-state index contributed by atoms with van der Waals surface area (Å²) in [6.45, 7) is 1.19. The zero-order valence-corrected chi connectivity index (χ0v) is 13.8. The average molecular weight is 378 g/mol. The maximum atomic E-state index is 13.5. The molecule has 0 aliphatic heterocycles. The zero-order chi connectivity index (χ0) is 16.8. The lowest BCUT2D eigenvalue weighted by Gasteiger charge is -2.04. The first kappa shape index (κ1) is 16.9. The molecule has 0 aliphatic rings. The first-order valence-electron chi connectivity index (χ1n) is 6.66. The standard InChI is InChI=1S/C17H13BrFNO3/c1-11(21)23-16-9-12(5-7-15(16)19)6-8-17(22)20-14-4-2-3-13(18)10-14/h2-10H,1H3,(H,20,22)/b8-6+. The van der Waals surface area contributed by atoms with Crippen LogP contribution >= 0.6 is 15.9 Å². The molecule has 0 saturated carbocycles. The monoisotopic (exact) mass is 377 g/mol. The first-order chi connectivity index (χ1) is 10.9. The fourth-order valence-corrected chi connectivity index (χ4v) is 2.18. The molecule has 2 aromatic carbocycles. The molecule has 6 heteroatoms. The third-order valence-electron chi connectivity index (χ3n) is 2.73. The number of anilines is 1. The second-order valence-corrected chi connectivity index (χ2v) is 5.53. The highest BCUT2D eigenvalue weighted by Gasteiger charge is 2.06. The fourth-order valence-electron chi connectivity index (χ4n) is 1.78. The molecule has 0 fully saturated rings. The second kappa shape index (κ2) is 7.69. The van der Waals surface area contributed by atoms with Crippen LogP contribution in [0.3, 0.4) is 0 Å². The molecule has 0 bridgehead atoms. The molecule has 0 spiro atoms. The topological polar surface area (TPSA) is 55.4 Å². The van der Waals surface area contributed by atoms with Crippen LogP contribution in [0.5, 0.6) is 5.75 Å². The molecule has 118 valence electrons.